The van der Waals surface area contributed by atoms with Crippen molar-refractivity contribution >= 4 is 5.69 Å². The molecule has 0 bridgehead atoms. The molecule has 3 aromatic rings. The lowest BCUT2D eigenvalue weighted by Gasteiger charge is -2.04. The summed E-state index contributed by atoms with van der Waals surface area (Å²) in [7, 11) is 0. The maximum Gasteiger partial charge on any atom is 0.258 e. The number of hydrogen-bond donors (Lipinski definition) is 1. The number of rotatable bonds is 4. The number of hydrogen-bond acceptors (Lipinski definition) is 4. The maximum atomic E-state index is 5.69. The lowest BCUT2D eigenvalue weighted by molar-refractivity contribution is 0.432. The van der Waals surface area contributed by atoms with Crippen LogP contribution in [0.2, 0.25) is 0 Å². The van der Waals surface area contributed by atoms with Crippen LogP contribution >= 0.6 is 0 Å². The summed E-state index contributed by atoms with van der Waals surface area (Å²) in [5.41, 5.74) is 9.54. The highest BCUT2D eigenvalue weighted by Gasteiger charge is 2.10. The third-order valence-electron chi connectivity index (χ3n) is 3.44. The normalized spacial score (nSPS) is 11.0. The van der Waals surface area contributed by atoms with Gasteiger partial charge in [0.1, 0.15) is 0 Å². The Balaban J connectivity index is 1.82. The van der Waals surface area contributed by atoms with E-state index in [1.165, 1.54) is 5.56 Å². The van der Waals surface area contributed by atoms with Crippen LogP contribution in [-0.2, 0) is 6.42 Å². The second-order valence-corrected chi connectivity index (χ2v) is 5.84. The molecule has 0 saturated heterocycles. The summed E-state index contributed by atoms with van der Waals surface area (Å²) in [5, 5.41) is 4.04. The Morgan fingerprint density at radius 3 is 2.23 bits per heavy atom. The summed E-state index contributed by atoms with van der Waals surface area (Å²) in [4.78, 5) is 4.45. The minimum Gasteiger partial charge on any atom is -0.399 e. The van der Waals surface area contributed by atoms with Crippen molar-refractivity contribution < 1.29 is 4.52 Å². The molecule has 2 N–H and O–H groups in total. The Bertz CT molecular complexity index is 743. The van der Waals surface area contributed by atoms with Gasteiger partial charge >= 0.3 is 0 Å². The average molecular weight is 293 g/mol. The van der Waals surface area contributed by atoms with E-state index in [0.717, 1.165) is 17.5 Å². The fraction of sp³-hybridized carbons (Fsp3) is 0.222. The zero-order valence-corrected chi connectivity index (χ0v) is 12.8. The smallest absolute Gasteiger partial charge is 0.258 e. The fourth-order valence-corrected chi connectivity index (χ4v) is 2.34. The van der Waals surface area contributed by atoms with Gasteiger partial charge in [-0.3, -0.25) is 0 Å². The molecular formula is C18H19N3O. The Morgan fingerprint density at radius 2 is 1.59 bits per heavy atom. The van der Waals surface area contributed by atoms with Gasteiger partial charge in [-0.1, -0.05) is 31.1 Å². The van der Waals surface area contributed by atoms with Crippen molar-refractivity contribution in [2.75, 3.05) is 5.73 Å². The second-order valence-electron chi connectivity index (χ2n) is 5.84. The molecule has 0 aliphatic carbocycles. The SMILES string of the molecule is CC(C)Cc1ccc(-c2nc(-c3ccc(N)cc3)no2)cc1. The Morgan fingerprint density at radius 1 is 0.955 bits per heavy atom. The second kappa shape index (κ2) is 6.02. The molecule has 0 amide bonds. The number of nitrogens with zero attached hydrogens (tertiary/aromatic N) is 2. The molecule has 0 spiro atoms. The van der Waals surface area contributed by atoms with Crippen LogP contribution < -0.4 is 5.73 Å². The van der Waals surface area contributed by atoms with E-state index in [2.05, 4.69) is 36.1 Å². The van der Waals surface area contributed by atoms with E-state index in [1.807, 2.05) is 36.4 Å². The summed E-state index contributed by atoms with van der Waals surface area (Å²) in [6, 6.07) is 15.7. The number of nitrogens with two attached hydrogens (primary N) is 1. The van der Waals surface area contributed by atoms with Gasteiger partial charge < -0.3 is 10.3 Å². The van der Waals surface area contributed by atoms with Crippen LogP contribution in [-0.4, -0.2) is 10.1 Å². The summed E-state index contributed by atoms with van der Waals surface area (Å²) in [6.07, 6.45) is 1.07. The minimum atomic E-state index is 0.530. The first-order valence-corrected chi connectivity index (χ1v) is 7.41. The van der Waals surface area contributed by atoms with Gasteiger partial charge in [-0.2, -0.15) is 4.98 Å². The molecule has 0 fully saturated rings. The fourth-order valence-electron chi connectivity index (χ4n) is 2.34. The van der Waals surface area contributed by atoms with E-state index in [9.17, 15) is 0 Å². The molecule has 3 rings (SSSR count). The molecule has 0 atom stereocenters. The molecule has 1 aromatic heterocycles. The lowest BCUT2D eigenvalue weighted by Crippen LogP contribution is -1.93. The molecule has 1 heterocycles. The first kappa shape index (κ1) is 14.3. The molecule has 4 nitrogen and oxygen atoms in total. The lowest BCUT2D eigenvalue weighted by atomic mass is 10.0. The highest BCUT2D eigenvalue weighted by molar-refractivity contribution is 5.61. The Kier molecular flexibility index (Phi) is 3.92. The first-order chi connectivity index (χ1) is 10.6. The van der Waals surface area contributed by atoms with Crippen molar-refractivity contribution in [2.45, 2.75) is 20.3 Å². The van der Waals surface area contributed by atoms with Crippen molar-refractivity contribution in [2.24, 2.45) is 5.92 Å². The Hall–Kier alpha value is -2.62. The predicted octanol–water partition coefficient (Wildman–Crippen LogP) is 4.18. The van der Waals surface area contributed by atoms with Crippen LogP contribution in [0.3, 0.4) is 0 Å². The molecule has 4 heteroatoms. The van der Waals surface area contributed by atoms with Crippen molar-refractivity contribution in [1.82, 2.24) is 10.1 Å². The van der Waals surface area contributed by atoms with Gasteiger partial charge in [-0.25, -0.2) is 0 Å². The molecule has 0 aliphatic rings. The first-order valence-electron chi connectivity index (χ1n) is 7.41. The van der Waals surface area contributed by atoms with Gasteiger partial charge in [0.05, 0.1) is 0 Å². The highest BCUT2D eigenvalue weighted by Crippen LogP contribution is 2.23. The van der Waals surface area contributed by atoms with E-state index < -0.39 is 0 Å². The van der Waals surface area contributed by atoms with Gasteiger partial charge in [0.25, 0.3) is 5.89 Å². The van der Waals surface area contributed by atoms with Crippen molar-refractivity contribution in [1.29, 1.82) is 0 Å². The van der Waals surface area contributed by atoms with Crippen LogP contribution in [0, 0.1) is 5.92 Å². The quantitative estimate of drug-likeness (QED) is 0.733. The molecule has 112 valence electrons. The number of aromatic nitrogens is 2. The van der Waals surface area contributed by atoms with E-state index in [-0.39, 0.29) is 0 Å². The number of benzene rings is 2. The average Bonchev–Trinajstić information content (AvgIpc) is 2.98. The summed E-state index contributed by atoms with van der Waals surface area (Å²) >= 11 is 0. The van der Waals surface area contributed by atoms with Crippen LogP contribution in [0.15, 0.2) is 53.1 Å². The van der Waals surface area contributed by atoms with Crippen molar-refractivity contribution in [3.63, 3.8) is 0 Å². The predicted molar refractivity (Wildman–Crippen MR) is 88.1 cm³/mol. The van der Waals surface area contributed by atoms with E-state index in [1.54, 1.807) is 0 Å². The maximum absolute atomic E-state index is 5.69. The topological polar surface area (TPSA) is 64.9 Å². The van der Waals surface area contributed by atoms with Gasteiger partial charge in [-0.05, 0) is 54.3 Å². The number of anilines is 1. The van der Waals surface area contributed by atoms with Crippen LogP contribution in [0.5, 0.6) is 0 Å². The molecule has 0 radical (unpaired) electrons. The van der Waals surface area contributed by atoms with Crippen molar-refractivity contribution in [3.05, 3.63) is 54.1 Å². The van der Waals surface area contributed by atoms with E-state index in [4.69, 9.17) is 10.3 Å². The third-order valence-corrected chi connectivity index (χ3v) is 3.44. The molecule has 0 aliphatic heterocycles. The molecule has 2 aromatic carbocycles. The summed E-state index contributed by atoms with van der Waals surface area (Å²) in [6.45, 7) is 4.43. The largest absolute Gasteiger partial charge is 0.399 e. The molecule has 22 heavy (non-hydrogen) atoms. The van der Waals surface area contributed by atoms with Gasteiger partial charge in [0, 0.05) is 16.8 Å². The third kappa shape index (κ3) is 3.17. The Labute approximate surface area is 130 Å². The van der Waals surface area contributed by atoms with Crippen LogP contribution in [0.25, 0.3) is 22.8 Å². The zero-order valence-electron chi connectivity index (χ0n) is 12.8. The van der Waals surface area contributed by atoms with Crippen LogP contribution in [0.1, 0.15) is 19.4 Å². The monoisotopic (exact) mass is 293 g/mol. The van der Waals surface area contributed by atoms with E-state index >= 15 is 0 Å². The molecular weight excluding hydrogens is 274 g/mol. The van der Waals surface area contributed by atoms with Crippen molar-refractivity contribution in [3.8, 4) is 22.8 Å². The summed E-state index contributed by atoms with van der Waals surface area (Å²) in [5.74, 6) is 1.75. The minimum absolute atomic E-state index is 0.530. The molecule has 0 unspecified atom stereocenters. The molecule has 0 saturated carbocycles. The number of nitrogen functional groups attached to an aromatic ring is 1. The van der Waals surface area contributed by atoms with E-state index in [0.29, 0.717) is 23.3 Å². The van der Waals surface area contributed by atoms with Crippen LogP contribution in [0.4, 0.5) is 5.69 Å². The standard InChI is InChI=1S/C18H19N3O/c1-12(2)11-13-3-5-15(6-4-13)18-20-17(21-22-18)14-7-9-16(19)10-8-14/h3-10,12H,11,19H2,1-2H3. The summed E-state index contributed by atoms with van der Waals surface area (Å²) < 4.78 is 5.36. The van der Waals surface area contributed by atoms with Gasteiger partial charge in [-0.15, -0.1) is 0 Å². The highest BCUT2D eigenvalue weighted by atomic mass is 16.5. The van der Waals surface area contributed by atoms with Gasteiger partial charge in [0.15, 0.2) is 0 Å². The van der Waals surface area contributed by atoms with Gasteiger partial charge in [0.2, 0.25) is 5.82 Å². The zero-order chi connectivity index (χ0) is 15.5.